The van der Waals surface area contributed by atoms with Crippen LogP contribution >= 0.6 is 39.0 Å². The molecule has 1 aliphatic rings. The quantitative estimate of drug-likeness (QED) is 0.201. The van der Waals surface area contributed by atoms with Crippen molar-refractivity contribution in [1.29, 1.82) is 0 Å². The topological polar surface area (TPSA) is 69.9 Å². The van der Waals surface area contributed by atoms with Crippen molar-refractivity contribution in [1.82, 2.24) is 4.57 Å². The maximum Gasteiger partial charge on any atom is 0.338 e. The minimum absolute atomic E-state index is 0.215. The number of benzene rings is 2. The summed E-state index contributed by atoms with van der Waals surface area (Å²) in [6.45, 7) is 9.46. The van der Waals surface area contributed by atoms with Crippen LogP contribution in [-0.4, -0.2) is 29.5 Å². The molecule has 0 bridgehead atoms. The van der Waals surface area contributed by atoms with E-state index in [1.807, 2.05) is 54.8 Å². The Morgan fingerprint density at radius 3 is 2.62 bits per heavy atom. The zero-order valence-electron chi connectivity index (χ0n) is 21.0. The van der Waals surface area contributed by atoms with Crippen LogP contribution in [-0.2, 0) is 9.53 Å². The largest absolute Gasteiger partial charge is 0.488 e. The van der Waals surface area contributed by atoms with Crippen LogP contribution in [0.25, 0.3) is 6.08 Å². The smallest absolute Gasteiger partial charge is 0.338 e. The maximum absolute atomic E-state index is 13.8. The summed E-state index contributed by atoms with van der Waals surface area (Å²) in [5, 5.41) is 0. The molecule has 1 aliphatic heterocycles. The summed E-state index contributed by atoms with van der Waals surface area (Å²) in [5.74, 6) is 0.222. The van der Waals surface area contributed by atoms with Crippen LogP contribution in [0.5, 0.6) is 5.75 Å². The van der Waals surface area contributed by atoms with Gasteiger partial charge >= 0.3 is 5.97 Å². The first-order chi connectivity index (χ1) is 17.7. The van der Waals surface area contributed by atoms with E-state index in [4.69, 9.17) is 9.47 Å². The van der Waals surface area contributed by atoms with E-state index in [1.165, 1.54) is 11.3 Å². The van der Waals surface area contributed by atoms with Gasteiger partial charge in [0.05, 0.1) is 32.4 Å². The number of fused-ring (bicyclic) bond motifs is 1. The zero-order valence-corrected chi connectivity index (χ0v) is 24.2. The number of nitrogens with zero attached hydrogens (tertiary/aromatic N) is 2. The summed E-state index contributed by atoms with van der Waals surface area (Å²) < 4.78 is 14.1. The molecule has 6 nitrogen and oxygen atoms in total. The van der Waals surface area contributed by atoms with Crippen molar-refractivity contribution in [2.45, 2.75) is 37.8 Å². The van der Waals surface area contributed by atoms with Gasteiger partial charge in [0.25, 0.3) is 5.56 Å². The molecule has 0 aliphatic carbocycles. The van der Waals surface area contributed by atoms with Crippen molar-refractivity contribution in [3.63, 3.8) is 0 Å². The van der Waals surface area contributed by atoms with Crippen molar-refractivity contribution in [2.75, 3.05) is 12.9 Å². The molecule has 0 spiro atoms. The molecule has 0 N–H and O–H groups in total. The molecule has 37 heavy (non-hydrogen) atoms. The fraction of sp³-hybridized carbons (Fsp3) is 0.250. The zero-order chi connectivity index (χ0) is 26.7. The second kappa shape index (κ2) is 11.7. The van der Waals surface area contributed by atoms with E-state index in [1.54, 1.807) is 43.2 Å². The summed E-state index contributed by atoms with van der Waals surface area (Å²) in [5.41, 5.74) is 2.36. The number of thioether (sulfide) groups is 1. The average Bonchev–Trinajstić information content (AvgIpc) is 3.16. The number of rotatable bonds is 8. The third kappa shape index (κ3) is 5.84. The Morgan fingerprint density at radius 2 is 2.00 bits per heavy atom. The highest BCUT2D eigenvalue weighted by Crippen LogP contribution is 2.32. The lowest BCUT2D eigenvalue weighted by molar-refractivity contribution is -0.143. The van der Waals surface area contributed by atoms with E-state index in [0.717, 1.165) is 20.5 Å². The van der Waals surface area contributed by atoms with E-state index in [0.29, 0.717) is 33.0 Å². The summed E-state index contributed by atoms with van der Waals surface area (Å²) in [6, 6.07) is 12.9. The standard InChI is InChI=1S/C28H27BrN2O4S2/c1-6-13-34-22-12-7-18(14-21(22)29)15-23-26(32)31-25(19-8-10-20(36-5)11-9-19)24(27(33)35-16(2)3)17(4)30-28(31)37-23/h6-12,14-16,25H,1,13H2,2-5H3/b23-15-/t25-/m1/s1. The van der Waals surface area contributed by atoms with Gasteiger partial charge in [-0.05, 0) is 84.4 Å². The highest BCUT2D eigenvalue weighted by Gasteiger charge is 2.33. The first-order valence-corrected chi connectivity index (χ1v) is 14.5. The van der Waals surface area contributed by atoms with Crippen LogP contribution in [0.15, 0.2) is 85.5 Å². The number of allylic oxidation sites excluding steroid dienone is 1. The molecular weight excluding hydrogens is 572 g/mol. The molecule has 2 aromatic carbocycles. The van der Waals surface area contributed by atoms with Crippen LogP contribution in [0.4, 0.5) is 0 Å². The normalized spacial score (nSPS) is 15.4. The predicted molar refractivity (Wildman–Crippen MR) is 153 cm³/mol. The summed E-state index contributed by atoms with van der Waals surface area (Å²) in [6.07, 6.45) is 5.21. The molecule has 3 aromatic rings. The number of ether oxygens (including phenoxy) is 2. The van der Waals surface area contributed by atoms with Crippen molar-refractivity contribution in [3.05, 3.63) is 102 Å². The Balaban J connectivity index is 1.86. The average molecular weight is 600 g/mol. The van der Waals surface area contributed by atoms with Crippen LogP contribution < -0.4 is 19.6 Å². The summed E-state index contributed by atoms with van der Waals surface area (Å²) >= 11 is 6.46. The summed E-state index contributed by atoms with van der Waals surface area (Å²) in [7, 11) is 0. The van der Waals surface area contributed by atoms with Gasteiger partial charge in [0.1, 0.15) is 12.4 Å². The lowest BCUT2D eigenvalue weighted by Gasteiger charge is -2.25. The first-order valence-electron chi connectivity index (χ1n) is 11.6. The summed E-state index contributed by atoms with van der Waals surface area (Å²) in [4.78, 5) is 33.3. The van der Waals surface area contributed by atoms with Gasteiger partial charge in [0.2, 0.25) is 0 Å². The maximum atomic E-state index is 13.8. The van der Waals surface area contributed by atoms with E-state index in [2.05, 4.69) is 27.5 Å². The second-order valence-corrected chi connectivity index (χ2v) is 11.3. The Morgan fingerprint density at radius 1 is 1.27 bits per heavy atom. The van der Waals surface area contributed by atoms with E-state index in [-0.39, 0.29) is 11.7 Å². The number of esters is 1. The van der Waals surface area contributed by atoms with Crippen LogP contribution in [0.2, 0.25) is 0 Å². The number of aromatic nitrogens is 1. The van der Waals surface area contributed by atoms with Gasteiger partial charge in [-0.15, -0.1) is 11.8 Å². The third-order valence-corrected chi connectivity index (χ3v) is 7.97. The molecular formula is C28H27BrN2O4S2. The van der Waals surface area contributed by atoms with Gasteiger partial charge in [-0.1, -0.05) is 42.2 Å². The number of carbonyl (C=O) groups is 1. The highest BCUT2D eigenvalue weighted by atomic mass is 79.9. The van der Waals surface area contributed by atoms with Gasteiger partial charge in [-0.2, -0.15) is 0 Å². The van der Waals surface area contributed by atoms with Gasteiger partial charge in [0, 0.05) is 4.90 Å². The van der Waals surface area contributed by atoms with E-state index >= 15 is 0 Å². The van der Waals surface area contributed by atoms with Gasteiger partial charge < -0.3 is 9.47 Å². The predicted octanol–water partition coefficient (Wildman–Crippen LogP) is 5.24. The van der Waals surface area contributed by atoms with Crippen LogP contribution in [0, 0.1) is 0 Å². The lowest BCUT2D eigenvalue weighted by Crippen LogP contribution is -2.40. The first kappa shape index (κ1) is 27.2. The molecule has 2 heterocycles. The molecule has 0 amide bonds. The monoisotopic (exact) mass is 598 g/mol. The Labute approximate surface area is 232 Å². The molecule has 1 atom stereocenters. The van der Waals surface area contributed by atoms with E-state index < -0.39 is 12.0 Å². The molecule has 9 heteroatoms. The molecule has 0 saturated carbocycles. The second-order valence-electron chi connectivity index (χ2n) is 8.60. The number of halogens is 1. The Hall–Kier alpha value is -2.88. The van der Waals surface area contributed by atoms with Gasteiger partial charge in [0.15, 0.2) is 4.80 Å². The highest BCUT2D eigenvalue weighted by molar-refractivity contribution is 9.10. The number of hydrogen-bond acceptors (Lipinski definition) is 7. The minimum Gasteiger partial charge on any atom is -0.488 e. The molecule has 0 saturated heterocycles. The minimum atomic E-state index is -0.637. The number of carbonyl (C=O) groups excluding carboxylic acids is 1. The Bertz CT molecular complexity index is 1550. The van der Waals surface area contributed by atoms with Crippen molar-refractivity contribution in [2.24, 2.45) is 4.99 Å². The van der Waals surface area contributed by atoms with Gasteiger partial charge in [-0.3, -0.25) is 9.36 Å². The van der Waals surface area contributed by atoms with Crippen molar-refractivity contribution in [3.8, 4) is 5.75 Å². The lowest BCUT2D eigenvalue weighted by atomic mass is 9.96. The number of thiazole rings is 1. The SMILES string of the molecule is C=CCOc1ccc(/C=c2\sc3n(c2=O)[C@H](c2ccc(SC)cc2)C(C(=O)OC(C)C)=C(C)N=3)cc1Br. The molecule has 1 aromatic heterocycles. The number of hydrogen-bond donors (Lipinski definition) is 0. The molecule has 192 valence electrons. The molecule has 0 radical (unpaired) electrons. The fourth-order valence-electron chi connectivity index (χ4n) is 3.99. The van der Waals surface area contributed by atoms with Crippen molar-refractivity contribution >= 4 is 51.1 Å². The van der Waals surface area contributed by atoms with Crippen molar-refractivity contribution < 1.29 is 14.3 Å². The molecule has 0 unspecified atom stereocenters. The molecule has 4 rings (SSSR count). The van der Waals surface area contributed by atoms with E-state index in [9.17, 15) is 9.59 Å². The Kier molecular flexibility index (Phi) is 8.56. The van der Waals surface area contributed by atoms with Gasteiger partial charge in [-0.25, -0.2) is 9.79 Å². The molecule has 0 fully saturated rings. The third-order valence-electron chi connectivity index (χ3n) is 5.63. The fourth-order valence-corrected chi connectivity index (χ4v) is 5.95. The van der Waals surface area contributed by atoms with Crippen LogP contribution in [0.1, 0.15) is 37.9 Å². The van der Waals surface area contributed by atoms with Crippen LogP contribution in [0.3, 0.4) is 0 Å².